The fraction of sp³-hybridized carbons (Fsp3) is 0.238. The number of rotatable bonds is 7. The zero-order chi connectivity index (χ0) is 21.7. The lowest BCUT2D eigenvalue weighted by Gasteiger charge is -2.07. The van der Waals surface area contributed by atoms with Gasteiger partial charge in [0.15, 0.2) is 11.0 Å². The van der Waals surface area contributed by atoms with Crippen LogP contribution in [0.2, 0.25) is 5.02 Å². The molecule has 156 valence electrons. The molecule has 0 aliphatic rings. The van der Waals surface area contributed by atoms with Gasteiger partial charge in [-0.15, -0.1) is 10.2 Å². The van der Waals surface area contributed by atoms with E-state index in [9.17, 15) is 9.59 Å². The Balaban J connectivity index is 1.52. The van der Waals surface area contributed by atoms with Crippen LogP contribution in [0.4, 0.5) is 5.69 Å². The second-order valence-corrected chi connectivity index (χ2v) is 8.16. The molecule has 0 radical (unpaired) electrons. The van der Waals surface area contributed by atoms with Crippen molar-refractivity contribution in [2.24, 2.45) is 7.05 Å². The standard InChI is InChI=1S/C21H22ClN5O2S/c1-13-4-7-15(8-5-13)20(29)23-11-18-25-26-21(27(18)3)30-12-19(28)24-16-9-6-14(2)17(22)10-16/h4-10H,11-12H2,1-3H3,(H,23,29)(H,24,28). The Morgan fingerprint density at radius 1 is 1.10 bits per heavy atom. The first kappa shape index (κ1) is 21.9. The Labute approximate surface area is 184 Å². The Morgan fingerprint density at radius 2 is 1.83 bits per heavy atom. The van der Waals surface area contributed by atoms with Gasteiger partial charge in [0, 0.05) is 23.3 Å². The summed E-state index contributed by atoms with van der Waals surface area (Å²) >= 11 is 7.35. The van der Waals surface area contributed by atoms with Crippen LogP contribution in [0, 0.1) is 13.8 Å². The lowest BCUT2D eigenvalue weighted by atomic mass is 10.1. The van der Waals surface area contributed by atoms with Crippen molar-refractivity contribution >= 4 is 40.9 Å². The van der Waals surface area contributed by atoms with E-state index in [1.165, 1.54) is 11.8 Å². The molecule has 0 aliphatic carbocycles. The normalized spacial score (nSPS) is 10.7. The molecule has 2 N–H and O–H groups in total. The van der Waals surface area contributed by atoms with Crippen LogP contribution in [-0.2, 0) is 18.4 Å². The molecule has 0 fully saturated rings. The predicted molar refractivity (Wildman–Crippen MR) is 119 cm³/mol. The quantitative estimate of drug-likeness (QED) is 0.543. The molecule has 0 unspecified atom stereocenters. The summed E-state index contributed by atoms with van der Waals surface area (Å²) in [5.74, 6) is 0.428. The molecule has 0 bridgehead atoms. The van der Waals surface area contributed by atoms with Crippen molar-refractivity contribution in [3.8, 4) is 0 Å². The number of amides is 2. The van der Waals surface area contributed by atoms with Gasteiger partial charge in [-0.25, -0.2) is 0 Å². The fourth-order valence-electron chi connectivity index (χ4n) is 2.59. The molecule has 3 aromatic rings. The van der Waals surface area contributed by atoms with E-state index < -0.39 is 0 Å². The highest BCUT2D eigenvalue weighted by molar-refractivity contribution is 7.99. The van der Waals surface area contributed by atoms with Crippen LogP contribution in [0.25, 0.3) is 0 Å². The fourth-order valence-corrected chi connectivity index (χ4v) is 3.50. The molecule has 3 rings (SSSR count). The summed E-state index contributed by atoms with van der Waals surface area (Å²) in [6, 6.07) is 12.7. The van der Waals surface area contributed by atoms with Gasteiger partial charge in [0.1, 0.15) is 0 Å². The zero-order valence-corrected chi connectivity index (χ0v) is 18.5. The monoisotopic (exact) mass is 443 g/mol. The van der Waals surface area contributed by atoms with Crippen LogP contribution < -0.4 is 10.6 Å². The first-order chi connectivity index (χ1) is 14.3. The first-order valence-electron chi connectivity index (χ1n) is 9.25. The molecule has 9 heteroatoms. The molecule has 30 heavy (non-hydrogen) atoms. The van der Waals surface area contributed by atoms with E-state index in [-0.39, 0.29) is 24.1 Å². The van der Waals surface area contributed by atoms with E-state index in [0.717, 1.165) is 11.1 Å². The SMILES string of the molecule is Cc1ccc(C(=O)NCc2nnc(SCC(=O)Nc3ccc(C)c(Cl)c3)n2C)cc1. The highest BCUT2D eigenvalue weighted by atomic mass is 35.5. The van der Waals surface area contributed by atoms with Crippen molar-refractivity contribution < 1.29 is 9.59 Å². The number of nitrogens with zero attached hydrogens (tertiary/aromatic N) is 3. The number of anilines is 1. The molecule has 1 aromatic heterocycles. The number of hydrogen-bond acceptors (Lipinski definition) is 5. The molecular weight excluding hydrogens is 422 g/mol. The number of aryl methyl sites for hydroxylation is 2. The summed E-state index contributed by atoms with van der Waals surface area (Å²) in [5.41, 5.74) is 3.28. The Morgan fingerprint density at radius 3 is 2.53 bits per heavy atom. The minimum absolute atomic E-state index is 0.169. The minimum Gasteiger partial charge on any atom is -0.345 e. The van der Waals surface area contributed by atoms with Gasteiger partial charge in [0.25, 0.3) is 5.91 Å². The molecule has 0 saturated heterocycles. The van der Waals surface area contributed by atoms with Crippen molar-refractivity contribution in [3.63, 3.8) is 0 Å². The number of carbonyl (C=O) groups excluding carboxylic acids is 2. The van der Waals surface area contributed by atoms with Gasteiger partial charge in [-0.2, -0.15) is 0 Å². The van der Waals surface area contributed by atoms with E-state index in [1.54, 1.807) is 35.9 Å². The molecule has 0 spiro atoms. The molecule has 2 aromatic carbocycles. The van der Waals surface area contributed by atoms with Gasteiger partial charge in [0.2, 0.25) is 5.91 Å². The lowest BCUT2D eigenvalue weighted by molar-refractivity contribution is -0.113. The van der Waals surface area contributed by atoms with Gasteiger partial charge in [-0.3, -0.25) is 9.59 Å². The van der Waals surface area contributed by atoms with Gasteiger partial charge in [-0.05, 0) is 43.7 Å². The highest BCUT2D eigenvalue weighted by Gasteiger charge is 2.13. The van der Waals surface area contributed by atoms with E-state index in [2.05, 4.69) is 20.8 Å². The van der Waals surface area contributed by atoms with Crippen molar-refractivity contribution in [2.75, 3.05) is 11.1 Å². The van der Waals surface area contributed by atoms with Gasteiger partial charge >= 0.3 is 0 Å². The van der Waals surface area contributed by atoms with Gasteiger partial charge in [0.05, 0.1) is 12.3 Å². The summed E-state index contributed by atoms with van der Waals surface area (Å²) in [6.45, 7) is 4.11. The van der Waals surface area contributed by atoms with Crippen LogP contribution in [0.3, 0.4) is 0 Å². The number of aromatic nitrogens is 3. The molecule has 1 heterocycles. The molecule has 0 atom stereocenters. The van der Waals surface area contributed by atoms with Crippen molar-refractivity contribution in [3.05, 3.63) is 70.0 Å². The second kappa shape index (κ2) is 9.77. The van der Waals surface area contributed by atoms with Crippen LogP contribution in [0.5, 0.6) is 0 Å². The van der Waals surface area contributed by atoms with E-state index in [1.807, 2.05) is 32.0 Å². The minimum atomic E-state index is -0.177. The third-order valence-corrected chi connectivity index (χ3v) is 5.86. The maximum atomic E-state index is 12.2. The first-order valence-corrected chi connectivity index (χ1v) is 10.6. The molecule has 7 nitrogen and oxygen atoms in total. The maximum absolute atomic E-state index is 12.2. The van der Waals surface area contributed by atoms with Crippen molar-refractivity contribution in [2.45, 2.75) is 25.5 Å². The summed E-state index contributed by atoms with van der Waals surface area (Å²) < 4.78 is 1.76. The summed E-state index contributed by atoms with van der Waals surface area (Å²) in [6.07, 6.45) is 0. The van der Waals surface area contributed by atoms with Crippen molar-refractivity contribution in [1.82, 2.24) is 20.1 Å². The molecule has 2 amide bonds. The Kier molecular flexibility index (Phi) is 7.12. The number of thioether (sulfide) groups is 1. The second-order valence-electron chi connectivity index (χ2n) is 6.81. The maximum Gasteiger partial charge on any atom is 0.251 e. The van der Waals surface area contributed by atoms with E-state index >= 15 is 0 Å². The number of halogens is 1. The highest BCUT2D eigenvalue weighted by Crippen LogP contribution is 2.21. The smallest absolute Gasteiger partial charge is 0.251 e. The predicted octanol–water partition coefficient (Wildman–Crippen LogP) is 3.75. The van der Waals surface area contributed by atoms with Crippen LogP contribution in [0.15, 0.2) is 47.6 Å². The third-order valence-electron chi connectivity index (χ3n) is 4.43. The molecular formula is C21H22ClN5O2S. The Hall–Kier alpha value is -2.84. The number of carbonyl (C=O) groups is 2. The molecule has 0 aliphatic heterocycles. The van der Waals surface area contributed by atoms with Crippen molar-refractivity contribution in [1.29, 1.82) is 0 Å². The summed E-state index contributed by atoms with van der Waals surface area (Å²) in [7, 11) is 1.80. The topological polar surface area (TPSA) is 88.9 Å². The zero-order valence-electron chi connectivity index (χ0n) is 16.9. The van der Waals surface area contributed by atoms with E-state index in [0.29, 0.717) is 27.3 Å². The largest absolute Gasteiger partial charge is 0.345 e. The van der Waals surface area contributed by atoms with Gasteiger partial charge in [-0.1, -0.05) is 47.1 Å². The Bertz CT molecular complexity index is 1070. The van der Waals surface area contributed by atoms with Crippen LogP contribution in [-0.4, -0.2) is 32.3 Å². The lowest BCUT2D eigenvalue weighted by Crippen LogP contribution is -2.24. The number of nitrogens with one attached hydrogen (secondary N) is 2. The molecule has 0 saturated carbocycles. The van der Waals surface area contributed by atoms with Crippen LogP contribution in [0.1, 0.15) is 27.3 Å². The number of hydrogen-bond donors (Lipinski definition) is 2. The summed E-state index contributed by atoms with van der Waals surface area (Å²) in [5, 5.41) is 15.0. The number of benzene rings is 2. The average Bonchev–Trinajstić information content (AvgIpc) is 3.07. The average molecular weight is 444 g/mol. The van der Waals surface area contributed by atoms with Gasteiger partial charge < -0.3 is 15.2 Å². The van der Waals surface area contributed by atoms with E-state index in [4.69, 9.17) is 11.6 Å². The summed E-state index contributed by atoms with van der Waals surface area (Å²) in [4.78, 5) is 24.5. The van der Waals surface area contributed by atoms with Crippen LogP contribution >= 0.6 is 23.4 Å². The third kappa shape index (κ3) is 5.61.